The Morgan fingerprint density at radius 2 is 1.76 bits per heavy atom. The van der Waals surface area contributed by atoms with E-state index in [4.69, 9.17) is 21.1 Å². The van der Waals surface area contributed by atoms with Gasteiger partial charge in [0.2, 0.25) is 5.91 Å². The number of carbonyl (C=O) groups excluding carboxylic acids is 2. The van der Waals surface area contributed by atoms with E-state index in [1.54, 1.807) is 0 Å². The van der Waals surface area contributed by atoms with Crippen LogP contribution in [0.25, 0.3) is 0 Å². The second-order valence-corrected chi connectivity index (χ2v) is 4.39. The predicted octanol–water partition coefficient (Wildman–Crippen LogP) is 1.54. The van der Waals surface area contributed by atoms with Crippen LogP contribution in [0.15, 0.2) is 30.3 Å². The Balaban J connectivity index is 2.00. The monoisotopic (exact) mass is 314 g/mol. The maximum Gasteiger partial charge on any atom is 0.407 e. The molecule has 6 nitrogen and oxygen atoms in total. The molecule has 1 rings (SSSR count). The van der Waals surface area contributed by atoms with Gasteiger partial charge in [-0.15, -0.1) is 11.6 Å². The Morgan fingerprint density at radius 3 is 2.48 bits per heavy atom. The smallest absolute Gasteiger partial charge is 0.407 e. The van der Waals surface area contributed by atoms with Crippen LogP contribution in [-0.4, -0.2) is 44.2 Å². The summed E-state index contributed by atoms with van der Waals surface area (Å²) in [6.45, 7) is 1.10. The maximum absolute atomic E-state index is 11.5. The summed E-state index contributed by atoms with van der Waals surface area (Å²) in [6, 6.07) is 9.28. The van der Waals surface area contributed by atoms with Crippen LogP contribution in [-0.2, 0) is 9.53 Å². The molecule has 0 aromatic heterocycles. The highest BCUT2D eigenvalue weighted by Gasteiger charge is 2.03. The third-order valence-corrected chi connectivity index (χ3v) is 2.52. The van der Waals surface area contributed by atoms with Crippen molar-refractivity contribution in [1.29, 1.82) is 0 Å². The summed E-state index contributed by atoms with van der Waals surface area (Å²) < 4.78 is 10.1. The minimum absolute atomic E-state index is 0.137. The fourth-order valence-corrected chi connectivity index (χ4v) is 1.49. The summed E-state index contributed by atoms with van der Waals surface area (Å²) in [4.78, 5) is 22.5. The molecule has 0 bridgehead atoms. The minimum atomic E-state index is -0.544. The second kappa shape index (κ2) is 10.8. The fraction of sp³-hybridized carbons (Fsp3) is 0.429. The lowest BCUT2D eigenvalue weighted by molar-refractivity contribution is -0.121. The number of halogens is 1. The van der Waals surface area contributed by atoms with Gasteiger partial charge in [0.1, 0.15) is 12.4 Å². The molecule has 1 aromatic carbocycles. The Kier molecular flexibility index (Phi) is 8.79. The number of hydrogen-bond donors (Lipinski definition) is 2. The SMILES string of the molecule is O=C(CCOc1ccccc1)NCCNC(=O)OCCCl. The molecule has 0 heterocycles. The van der Waals surface area contributed by atoms with Crippen molar-refractivity contribution in [1.82, 2.24) is 10.6 Å². The molecule has 0 aliphatic rings. The van der Waals surface area contributed by atoms with Crippen molar-refractivity contribution in [3.8, 4) is 5.75 Å². The number of nitrogens with one attached hydrogen (secondary N) is 2. The summed E-state index contributed by atoms with van der Waals surface area (Å²) in [7, 11) is 0. The largest absolute Gasteiger partial charge is 0.493 e. The van der Waals surface area contributed by atoms with Crippen LogP contribution in [0.2, 0.25) is 0 Å². The van der Waals surface area contributed by atoms with Crippen molar-refractivity contribution >= 4 is 23.6 Å². The molecule has 7 heteroatoms. The van der Waals surface area contributed by atoms with Gasteiger partial charge in [-0.3, -0.25) is 4.79 Å². The van der Waals surface area contributed by atoms with Gasteiger partial charge in [0.25, 0.3) is 0 Å². The van der Waals surface area contributed by atoms with E-state index in [0.29, 0.717) is 19.7 Å². The standard InChI is InChI=1S/C14H19ClN2O4/c15-7-11-21-14(19)17-9-8-16-13(18)6-10-20-12-4-2-1-3-5-12/h1-5H,6-11H2,(H,16,18)(H,17,19). The van der Waals surface area contributed by atoms with Crippen LogP contribution in [0.1, 0.15) is 6.42 Å². The Morgan fingerprint density at radius 1 is 1.05 bits per heavy atom. The van der Waals surface area contributed by atoms with Crippen LogP contribution < -0.4 is 15.4 Å². The van der Waals surface area contributed by atoms with Crippen LogP contribution >= 0.6 is 11.6 Å². The van der Waals surface area contributed by atoms with Gasteiger partial charge in [0.05, 0.1) is 18.9 Å². The van der Waals surface area contributed by atoms with Gasteiger partial charge < -0.3 is 20.1 Å². The molecule has 2 amide bonds. The van der Waals surface area contributed by atoms with Gasteiger partial charge in [-0.2, -0.15) is 0 Å². The fourth-order valence-electron chi connectivity index (χ4n) is 1.42. The van der Waals surface area contributed by atoms with Gasteiger partial charge in [-0.1, -0.05) is 18.2 Å². The van der Waals surface area contributed by atoms with E-state index < -0.39 is 6.09 Å². The number of alkyl halides is 1. The lowest BCUT2D eigenvalue weighted by Crippen LogP contribution is -2.35. The van der Waals surface area contributed by atoms with Crippen LogP contribution in [0.5, 0.6) is 5.75 Å². The number of hydrogen-bond acceptors (Lipinski definition) is 4. The van der Waals surface area contributed by atoms with Crippen molar-refractivity contribution in [2.24, 2.45) is 0 Å². The lowest BCUT2D eigenvalue weighted by Gasteiger charge is -2.08. The van der Waals surface area contributed by atoms with Crippen molar-refractivity contribution in [2.45, 2.75) is 6.42 Å². The number of carbonyl (C=O) groups is 2. The number of para-hydroxylation sites is 1. The topological polar surface area (TPSA) is 76.7 Å². The van der Waals surface area contributed by atoms with Crippen molar-refractivity contribution in [3.05, 3.63) is 30.3 Å². The third kappa shape index (κ3) is 8.75. The Hall–Kier alpha value is -1.95. The molecule has 116 valence electrons. The van der Waals surface area contributed by atoms with E-state index in [2.05, 4.69) is 10.6 Å². The molecule has 0 saturated heterocycles. The van der Waals surface area contributed by atoms with Crippen LogP contribution in [0, 0.1) is 0 Å². The second-order valence-electron chi connectivity index (χ2n) is 4.01. The molecular weight excluding hydrogens is 296 g/mol. The van der Waals surface area contributed by atoms with E-state index in [0.717, 1.165) is 5.75 Å². The van der Waals surface area contributed by atoms with E-state index in [1.165, 1.54) is 0 Å². The Labute approximate surface area is 128 Å². The molecule has 21 heavy (non-hydrogen) atoms. The first kappa shape index (κ1) is 17.1. The zero-order chi connectivity index (χ0) is 15.3. The third-order valence-electron chi connectivity index (χ3n) is 2.37. The Bertz CT molecular complexity index is 428. The van der Waals surface area contributed by atoms with Gasteiger partial charge in [-0.25, -0.2) is 4.79 Å². The number of alkyl carbamates (subject to hydrolysis) is 1. The first-order chi connectivity index (χ1) is 10.2. The van der Waals surface area contributed by atoms with Gasteiger partial charge in [0, 0.05) is 13.1 Å². The summed E-state index contributed by atoms with van der Waals surface area (Å²) in [5, 5.41) is 5.15. The average molecular weight is 315 g/mol. The van der Waals surface area contributed by atoms with Crippen LogP contribution in [0.3, 0.4) is 0 Å². The first-order valence-electron chi connectivity index (χ1n) is 6.63. The highest BCUT2D eigenvalue weighted by molar-refractivity contribution is 6.18. The number of ether oxygens (including phenoxy) is 2. The number of benzene rings is 1. The molecule has 0 radical (unpaired) electrons. The highest BCUT2D eigenvalue weighted by Crippen LogP contribution is 2.08. The summed E-state index contributed by atoms with van der Waals surface area (Å²) >= 11 is 5.37. The molecule has 1 aromatic rings. The van der Waals surface area contributed by atoms with Crippen LogP contribution in [0.4, 0.5) is 4.79 Å². The summed E-state index contributed by atoms with van der Waals surface area (Å²) in [6.07, 6.45) is -0.289. The van der Waals surface area contributed by atoms with E-state index in [9.17, 15) is 9.59 Å². The molecule has 0 saturated carbocycles. The molecule has 0 aliphatic carbocycles. The normalized spacial score (nSPS) is 9.76. The lowest BCUT2D eigenvalue weighted by atomic mass is 10.3. The number of amides is 2. The van der Waals surface area contributed by atoms with Gasteiger partial charge in [-0.05, 0) is 12.1 Å². The highest BCUT2D eigenvalue weighted by atomic mass is 35.5. The molecule has 0 atom stereocenters. The summed E-state index contributed by atoms with van der Waals surface area (Å²) in [5.74, 6) is 0.849. The van der Waals surface area contributed by atoms with Gasteiger partial charge in [0.15, 0.2) is 0 Å². The first-order valence-corrected chi connectivity index (χ1v) is 7.17. The quantitative estimate of drug-likeness (QED) is 0.535. The summed E-state index contributed by atoms with van der Waals surface area (Å²) in [5.41, 5.74) is 0. The van der Waals surface area contributed by atoms with Crippen molar-refractivity contribution in [3.63, 3.8) is 0 Å². The van der Waals surface area contributed by atoms with Crippen molar-refractivity contribution in [2.75, 3.05) is 32.2 Å². The molecule has 0 aliphatic heterocycles. The zero-order valence-electron chi connectivity index (χ0n) is 11.6. The zero-order valence-corrected chi connectivity index (χ0v) is 12.4. The van der Waals surface area contributed by atoms with E-state index in [1.807, 2.05) is 30.3 Å². The van der Waals surface area contributed by atoms with E-state index in [-0.39, 0.29) is 24.8 Å². The maximum atomic E-state index is 11.5. The van der Waals surface area contributed by atoms with Crippen molar-refractivity contribution < 1.29 is 19.1 Å². The van der Waals surface area contributed by atoms with E-state index >= 15 is 0 Å². The minimum Gasteiger partial charge on any atom is -0.493 e. The predicted molar refractivity (Wildman–Crippen MR) is 79.6 cm³/mol. The molecule has 0 fully saturated rings. The number of rotatable bonds is 9. The molecule has 0 unspecified atom stereocenters. The average Bonchev–Trinajstić information content (AvgIpc) is 2.50. The molecule has 0 spiro atoms. The molecular formula is C14H19ClN2O4. The van der Waals surface area contributed by atoms with Gasteiger partial charge >= 0.3 is 6.09 Å². The molecule has 2 N–H and O–H groups in total.